The molecule has 0 fully saturated rings. The van der Waals surface area contributed by atoms with E-state index in [9.17, 15) is 9.59 Å². The van der Waals surface area contributed by atoms with Crippen molar-refractivity contribution in [2.75, 3.05) is 12.4 Å². The van der Waals surface area contributed by atoms with Crippen LogP contribution in [0.5, 0.6) is 0 Å². The summed E-state index contributed by atoms with van der Waals surface area (Å²) in [7, 11) is 1.37. The standard InChI is InChI=1S/C15H26N4O3S/c1-10(2)8-9-11(3)16-14(21)17-15-19-18-12(23-15)6-5-7-13(20)22-4/h10-11H,5-9H2,1-4H3,(H2,16,17,19,21). The van der Waals surface area contributed by atoms with Crippen LogP contribution in [0.3, 0.4) is 0 Å². The van der Waals surface area contributed by atoms with E-state index in [4.69, 9.17) is 0 Å². The molecule has 130 valence electrons. The van der Waals surface area contributed by atoms with E-state index in [-0.39, 0.29) is 18.0 Å². The second-order valence-electron chi connectivity index (χ2n) is 5.90. The molecule has 1 unspecified atom stereocenters. The first kappa shape index (κ1) is 19.3. The number of ether oxygens (including phenoxy) is 1. The van der Waals surface area contributed by atoms with E-state index in [1.807, 2.05) is 6.92 Å². The molecule has 23 heavy (non-hydrogen) atoms. The lowest BCUT2D eigenvalue weighted by Gasteiger charge is -2.14. The predicted octanol–water partition coefficient (Wildman–Crippen LogP) is 2.98. The number of amides is 2. The van der Waals surface area contributed by atoms with Gasteiger partial charge in [0.2, 0.25) is 5.13 Å². The van der Waals surface area contributed by atoms with Gasteiger partial charge in [-0.2, -0.15) is 0 Å². The quantitative estimate of drug-likeness (QED) is 0.673. The molecule has 0 aliphatic heterocycles. The SMILES string of the molecule is COC(=O)CCCc1nnc(NC(=O)NC(C)CCC(C)C)s1. The van der Waals surface area contributed by atoms with Gasteiger partial charge in [0.15, 0.2) is 0 Å². The summed E-state index contributed by atoms with van der Waals surface area (Å²) in [6, 6.07) is -0.150. The largest absolute Gasteiger partial charge is 0.469 e. The summed E-state index contributed by atoms with van der Waals surface area (Å²) in [5.41, 5.74) is 0. The van der Waals surface area contributed by atoms with Gasteiger partial charge in [0.1, 0.15) is 5.01 Å². The number of nitrogens with zero attached hydrogens (tertiary/aromatic N) is 2. The number of hydrogen-bond acceptors (Lipinski definition) is 6. The summed E-state index contributed by atoms with van der Waals surface area (Å²) in [5.74, 6) is 0.389. The van der Waals surface area contributed by atoms with E-state index in [2.05, 4.69) is 39.4 Å². The van der Waals surface area contributed by atoms with Gasteiger partial charge < -0.3 is 10.1 Å². The molecule has 1 heterocycles. The highest BCUT2D eigenvalue weighted by Crippen LogP contribution is 2.17. The molecule has 0 radical (unpaired) electrons. The van der Waals surface area contributed by atoms with Crippen LogP contribution >= 0.6 is 11.3 Å². The Morgan fingerprint density at radius 2 is 1.96 bits per heavy atom. The molecule has 8 heteroatoms. The maximum absolute atomic E-state index is 11.9. The molecule has 1 rings (SSSR count). The Morgan fingerprint density at radius 1 is 1.22 bits per heavy atom. The molecule has 1 aromatic rings. The van der Waals surface area contributed by atoms with Crippen LogP contribution < -0.4 is 10.6 Å². The molecule has 0 aliphatic carbocycles. The highest BCUT2D eigenvalue weighted by Gasteiger charge is 2.11. The number of nitrogens with one attached hydrogen (secondary N) is 2. The zero-order valence-electron chi connectivity index (χ0n) is 14.2. The molecule has 0 aromatic carbocycles. The number of esters is 1. The Hall–Kier alpha value is -1.70. The van der Waals surface area contributed by atoms with E-state index in [0.29, 0.717) is 30.3 Å². The molecule has 0 aliphatic rings. The Labute approximate surface area is 141 Å². The lowest BCUT2D eigenvalue weighted by Crippen LogP contribution is -2.36. The van der Waals surface area contributed by atoms with Crippen molar-refractivity contribution >= 4 is 28.5 Å². The van der Waals surface area contributed by atoms with Gasteiger partial charge in [-0.15, -0.1) is 10.2 Å². The average Bonchev–Trinajstić information content (AvgIpc) is 2.92. The van der Waals surface area contributed by atoms with Crippen molar-refractivity contribution in [3.05, 3.63) is 5.01 Å². The minimum Gasteiger partial charge on any atom is -0.469 e. The van der Waals surface area contributed by atoms with Gasteiger partial charge >= 0.3 is 12.0 Å². The summed E-state index contributed by atoms with van der Waals surface area (Å²) in [4.78, 5) is 22.9. The number of hydrogen-bond donors (Lipinski definition) is 2. The molecule has 0 bridgehead atoms. The van der Waals surface area contributed by atoms with Crippen molar-refractivity contribution in [3.8, 4) is 0 Å². The maximum Gasteiger partial charge on any atom is 0.321 e. The molecule has 2 amide bonds. The van der Waals surface area contributed by atoms with Crippen LogP contribution in [0, 0.1) is 5.92 Å². The fourth-order valence-corrected chi connectivity index (χ4v) is 2.68. The van der Waals surface area contributed by atoms with Gasteiger partial charge in [0.25, 0.3) is 0 Å². The van der Waals surface area contributed by atoms with Gasteiger partial charge in [-0.3, -0.25) is 10.1 Å². The van der Waals surface area contributed by atoms with E-state index < -0.39 is 0 Å². The Bertz CT molecular complexity index is 505. The Balaban J connectivity index is 2.31. The summed E-state index contributed by atoms with van der Waals surface area (Å²) in [6.45, 7) is 6.31. The minimum absolute atomic E-state index is 0.116. The second kappa shape index (κ2) is 10.1. The summed E-state index contributed by atoms with van der Waals surface area (Å²) in [5, 5.41) is 14.8. The van der Waals surface area contributed by atoms with E-state index >= 15 is 0 Å². The molecule has 0 spiro atoms. The third-order valence-corrected chi connectivity index (χ3v) is 4.14. The fourth-order valence-electron chi connectivity index (χ4n) is 1.90. The first-order chi connectivity index (χ1) is 10.9. The number of anilines is 1. The van der Waals surface area contributed by atoms with Gasteiger partial charge in [-0.1, -0.05) is 25.2 Å². The van der Waals surface area contributed by atoms with Crippen LogP contribution in [-0.2, 0) is 16.0 Å². The number of methoxy groups -OCH3 is 1. The minimum atomic E-state index is -0.265. The van der Waals surface area contributed by atoms with E-state index in [1.54, 1.807) is 0 Å². The lowest BCUT2D eigenvalue weighted by molar-refractivity contribution is -0.140. The van der Waals surface area contributed by atoms with Crippen molar-refractivity contribution < 1.29 is 14.3 Å². The van der Waals surface area contributed by atoms with Crippen LogP contribution in [-0.4, -0.2) is 35.3 Å². The summed E-state index contributed by atoms with van der Waals surface area (Å²) in [6.07, 6.45) is 3.66. The normalized spacial score (nSPS) is 12.0. The molecule has 7 nitrogen and oxygen atoms in total. The number of carbonyl (C=O) groups is 2. The summed E-state index contributed by atoms with van der Waals surface area (Å²) < 4.78 is 4.58. The first-order valence-electron chi connectivity index (χ1n) is 7.87. The fraction of sp³-hybridized carbons (Fsp3) is 0.733. The zero-order valence-corrected chi connectivity index (χ0v) is 15.0. The molecular formula is C15H26N4O3S. The molecule has 1 atom stereocenters. The number of aryl methyl sites for hydroxylation is 1. The molecular weight excluding hydrogens is 316 g/mol. The topological polar surface area (TPSA) is 93.2 Å². The zero-order chi connectivity index (χ0) is 17.2. The second-order valence-corrected chi connectivity index (χ2v) is 6.96. The Morgan fingerprint density at radius 3 is 2.61 bits per heavy atom. The highest BCUT2D eigenvalue weighted by molar-refractivity contribution is 7.15. The van der Waals surface area contributed by atoms with Crippen molar-refractivity contribution in [2.45, 2.75) is 58.9 Å². The molecule has 2 N–H and O–H groups in total. The predicted molar refractivity (Wildman–Crippen MR) is 90.6 cm³/mol. The first-order valence-corrected chi connectivity index (χ1v) is 8.69. The summed E-state index contributed by atoms with van der Waals surface area (Å²) >= 11 is 1.32. The van der Waals surface area contributed by atoms with Crippen LogP contribution in [0.2, 0.25) is 0 Å². The third-order valence-electron chi connectivity index (χ3n) is 3.24. The van der Waals surface area contributed by atoms with Gasteiger partial charge in [-0.25, -0.2) is 4.79 Å². The van der Waals surface area contributed by atoms with Crippen LogP contribution in [0.1, 0.15) is 51.5 Å². The molecule has 0 saturated heterocycles. The van der Waals surface area contributed by atoms with Crippen molar-refractivity contribution in [2.24, 2.45) is 5.92 Å². The van der Waals surface area contributed by atoms with Gasteiger partial charge in [0.05, 0.1) is 7.11 Å². The van der Waals surface area contributed by atoms with Crippen LogP contribution in [0.15, 0.2) is 0 Å². The van der Waals surface area contributed by atoms with Crippen molar-refractivity contribution in [3.63, 3.8) is 0 Å². The number of urea groups is 1. The number of aromatic nitrogens is 2. The Kier molecular flexibility index (Phi) is 8.53. The molecule has 1 aromatic heterocycles. The van der Waals surface area contributed by atoms with Crippen LogP contribution in [0.25, 0.3) is 0 Å². The number of carbonyl (C=O) groups excluding carboxylic acids is 2. The molecule has 0 saturated carbocycles. The van der Waals surface area contributed by atoms with E-state index in [1.165, 1.54) is 18.4 Å². The average molecular weight is 342 g/mol. The van der Waals surface area contributed by atoms with Crippen LogP contribution in [0.4, 0.5) is 9.93 Å². The maximum atomic E-state index is 11.9. The van der Waals surface area contributed by atoms with Crippen molar-refractivity contribution in [1.29, 1.82) is 0 Å². The third kappa shape index (κ3) is 8.49. The van der Waals surface area contributed by atoms with Gasteiger partial charge in [0, 0.05) is 18.9 Å². The lowest BCUT2D eigenvalue weighted by atomic mass is 10.0. The number of rotatable bonds is 9. The van der Waals surface area contributed by atoms with Gasteiger partial charge in [-0.05, 0) is 32.1 Å². The van der Waals surface area contributed by atoms with Crippen molar-refractivity contribution in [1.82, 2.24) is 15.5 Å². The highest BCUT2D eigenvalue weighted by atomic mass is 32.1. The van der Waals surface area contributed by atoms with E-state index in [0.717, 1.165) is 17.8 Å². The smallest absolute Gasteiger partial charge is 0.321 e. The monoisotopic (exact) mass is 342 g/mol.